The van der Waals surface area contributed by atoms with E-state index >= 15 is 0 Å². The highest BCUT2D eigenvalue weighted by Gasteiger charge is 2.28. The second-order valence-electron chi connectivity index (χ2n) is 12.5. The second kappa shape index (κ2) is 9.48. The van der Waals surface area contributed by atoms with Crippen LogP contribution in [-0.4, -0.2) is 20.1 Å². The monoisotopic (exact) mass is 631 g/mol. The van der Waals surface area contributed by atoms with Gasteiger partial charge in [0.1, 0.15) is 11.2 Å². The third-order valence-electron chi connectivity index (χ3n) is 10.0. The highest BCUT2D eigenvalue weighted by Crippen LogP contribution is 2.47. The first-order valence-electron chi connectivity index (χ1n) is 16.2. The summed E-state index contributed by atoms with van der Waals surface area (Å²) in [5, 5.41) is 8.33. The molecule has 224 valence electrons. The largest absolute Gasteiger partial charge is 0.456 e. The predicted octanol–water partition coefficient (Wildman–Crippen LogP) is 11.1. The quantitative estimate of drug-likeness (QED) is 0.108. The Kier molecular flexibility index (Phi) is 5.14. The summed E-state index contributed by atoms with van der Waals surface area (Å²) in [6.45, 7) is 0. The molecule has 0 amide bonds. The van der Waals surface area contributed by atoms with Crippen LogP contribution in [0.15, 0.2) is 150 Å². The minimum absolute atomic E-state index is 0.880. The fourth-order valence-corrected chi connectivity index (χ4v) is 8.49. The van der Waals surface area contributed by atoms with Crippen molar-refractivity contribution in [2.75, 3.05) is 0 Å². The molecule has 0 spiro atoms. The number of rotatable bonds is 3. The number of para-hydroxylation sites is 3. The zero-order chi connectivity index (χ0) is 31.5. The summed E-state index contributed by atoms with van der Waals surface area (Å²) in [5.74, 6) is 0. The van der Waals surface area contributed by atoms with Crippen LogP contribution < -0.4 is 5.30 Å². The van der Waals surface area contributed by atoms with Crippen LogP contribution >= 0.6 is 8.20 Å². The van der Waals surface area contributed by atoms with E-state index in [0.29, 0.717) is 0 Å². The van der Waals surface area contributed by atoms with Crippen LogP contribution in [0.25, 0.3) is 93.6 Å². The van der Waals surface area contributed by atoms with Crippen molar-refractivity contribution in [3.05, 3.63) is 146 Å². The van der Waals surface area contributed by atoms with E-state index in [1.54, 1.807) is 0 Å². The minimum Gasteiger partial charge on any atom is -0.456 e. The van der Waals surface area contributed by atoms with Crippen LogP contribution in [-0.2, 0) is 0 Å². The fourth-order valence-electron chi connectivity index (χ4n) is 8.07. The number of hydrogen-bond acceptors (Lipinski definition) is 1. The maximum Gasteiger partial charge on any atom is 0.138 e. The maximum atomic E-state index is 6.71. The van der Waals surface area contributed by atoms with E-state index < -0.39 is 0 Å². The Balaban J connectivity index is 1.50. The fraction of sp³-hybridized carbons (Fsp3) is 0. The Bertz CT molecular complexity index is 3080. The second-order valence-corrected chi connectivity index (χ2v) is 13.3. The molecule has 5 heteroatoms. The van der Waals surface area contributed by atoms with E-state index in [1.807, 2.05) is 0 Å². The molecule has 0 bridgehead atoms. The highest BCUT2D eigenvalue weighted by atomic mass is 31.1. The number of furan rings is 1. The average Bonchev–Trinajstić information content (AvgIpc) is 3.69. The summed E-state index contributed by atoms with van der Waals surface area (Å²) >= 11 is 0. The molecule has 0 fully saturated rings. The highest BCUT2D eigenvalue weighted by molar-refractivity contribution is 7.45. The van der Waals surface area contributed by atoms with E-state index in [9.17, 15) is 0 Å². The zero-order valence-electron chi connectivity index (χ0n) is 25.8. The smallest absolute Gasteiger partial charge is 0.138 e. The number of fused-ring (bicyclic) bond motifs is 11. The van der Waals surface area contributed by atoms with Gasteiger partial charge in [0.25, 0.3) is 0 Å². The molecule has 7 aromatic carbocycles. The van der Waals surface area contributed by atoms with Crippen LogP contribution in [0.3, 0.4) is 0 Å². The van der Waals surface area contributed by atoms with Crippen LogP contribution in [0.1, 0.15) is 0 Å². The summed E-state index contributed by atoms with van der Waals surface area (Å²) < 4.78 is 14.0. The molecular formula is C43H26N3OP. The van der Waals surface area contributed by atoms with Gasteiger partial charge >= 0.3 is 0 Å². The Morgan fingerprint density at radius 2 is 1.27 bits per heavy atom. The minimum atomic E-state index is 0.880. The molecule has 0 atom stereocenters. The molecular weight excluding hydrogens is 605 g/mol. The van der Waals surface area contributed by atoms with Gasteiger partial charge < -0.3 is 8.98 Å². The molecule has 0 aliphatic carbocycles. The molecule has 0 saturated heterocycles. The Morgan fingerprint density at radius 1 is 0.500 bits per heavy atom. The first-order chi connectivity index (χ1) is 23.8. The lowest BCUT2D eigenvalue weighted by Crippen LogP contribution is -2.17. The lowest BCUT2D eigenvalue weighted by molar-refractivity contribution is 0.669. The molecule has 0 radical (unpaired) electrons. The van der Waals surface area contributed by atoms with Crippen molar-refractivity contribution in [3.63, 3.8) is 0 Å². The van der Waals surface area contributed by atoms with Crippen LogP contribution in [0.2, 0.25) is 0 Å². The molecule has 0 saturated carbocycles. The topological polar surface area (TPSA) is 27.4 Å². The van der Waals surface area contributed by atoms with Gasteiger partial charge in [0.15, 0.2) is 0 Å². The zero-order valence-corrected chi connectivity index (χ0v) is 26.7. The van der Waals surface area contributed by atoms with E-state index in [1.165, 1.54) is 43.7 Å². The molecule has 2 aliphatic rings. The summed E-state index contributed by atoms with van der Waals surface area (Å²) in [4.78, 5) is 0. The number of aromatic nitrogens is 3. The lowest BCUT2D eigenvalue weighted by atomic mass is 9.98. The van der Waals surface area contributed by atoms with E-state index in [-0.39, 0.29) is 0 Å². The Labute approximate surface area is 276 Å². The third kappa shape index (κ3) is 3.32. The van der Waals surface area contributed by atoms with Gasteiger partial charge in [0, 0.05) is 49.4 Å². The standard InChI is InChI=1S/C43H26N3OP/c1-48-29-14-9-13-28(24-29)44-36-23-27(26-11-3-2-4-12-26)21-22-35(36)46-43-37(44)25-39-40(32-16-6-8-20-38(32)47-39)41(43)33-18-10-17-31-30-15-5-7-19-34(30)45(46)42(31)33/h2-25H,1H2. The van der Waals surface area contributed by atoms with Crippen LogP contribution in [0.5, 0.6) is 0 Å². The van der Waals surface area contributed by atoms with Crippen molar-refractivity contribution in [1.82, 2.24) is 13.8 Å². The summed E-state index contributed by atoms with van der Waals surface area (Å²) in [6, 6.07) is 52.5. The van der Waals surface area contributed by atoms with Crippen molar-refractivity contribution in [3.8, 4) is 22.5 Å². The van der Waals surface area contributed by atoms with Gasteiger partial charge in [-0.1, -0.05) is 118 Å². The predicted molar refractivity (Wildman–Crippen MR) is 204 cm³/mol. The molecule has 0 unspecified atom stereocenters. The van der Waals surface area contributed by atoms with Gasteiger partial charge in [0.2, 0.25) is 0 Å². The number of benzene rings is 7. The first-order valence-corrected chi connectivity index (χ1v) is 17.2. The molecule has 2 aromatic heterocycles. The summed E-state index contributed by atoms with van der Waals surface area (Å²) in [5.41, 5.74) is 12.0. The summed E-state index contributed by atoms with van der Waals surface area (Å²) in [7, 11) is 0.981. The SMILES string of the molecule is C=Pc1cccc(-n2c3cc4oc5ccccc5c4c4c3-n(c3ccc(-c5ccccc5)cc32)n2c3ccccc3c3cccc4c32)c1. The van der Waals surface area contributed by atoms with Crippen molar-refractivity contribution in [1.29, 1.82) is 0 Å². The molecule has 4 heterocycles. The third-order valence-corrected chi connectivity index (χ3v) is 10.7. The van der Waals surface area contributed by atoms with E-state index in [0.717, 1.165) is 63.4 Å². The van der Waals surface area contributed by atoms with Gasteiger partial charge in [-0.25, -0.2) is 9.20 Å². The van der Waals surface area contributed by atoms with Gasteiger partial charge in [-0.15, -0.1) is 0 Å². The van der Waals surface area contributed by atoms with Gasteiger partial charge in [-0.2, -0.15) is 0 Å². The Hall–Kier alpha value is -6.09. The first kappa shape index (κ1) is 26.0. The van der Waals surface area contributed by atoms with Gasteiger partial charge in [0.05, 0.1) is 33.3 Å². The van der Waals surface area contributed by atoms with E-state index in [2.05, 4.69) is 166 Å². The van der Waals surface area contributed by atoms with Crippen molar-refractivity contribution in [2.45, 2.75) is 0 Å². The van der Waals surface area contributed by atoms with Crippen molar-refractivity contribution in [2.24, 2.45) is 0 Å². The average molecular weight is 632 g/mol. The molecule has 9 aromatic rings. The maximum absolute atomic E-state index is 6.71. The van der Waals surface area contributed by atoms with Gasteiger partial charge in [-0.3, -0.25) is 0 Å². The number of hydrogen-bond donors (Lipinski definition) is 0. The lowest BCUT2D eigenvalue weighted by Gasteiger charge is -2.27. The van der Waals surface area contributed by atoms with Crippen LogP contribution in [0.4, 0.5) is 0 Å². The molecule has 0 N–H and O–H groups in total. The normalized spacial score (nSPS) is 12.4. The van der Waals surface area contributed by atoms with Crippen molar-refractivity contribution >= 4 is 90.9 Å². The number of nitrogens with zero attached hydrogens (tertiary/aromatic N) is 3. The van der Waals surface area contributed by atoms with Crippen molar-refractivity contribution < 1.29 is 4.42 Å². The van der Waals surface area contributed by atoms with Gasteiger partial charge in [-0.05, 0) is 47.5 Å². The summed E-state index contributed by atoms with van der Waals surface area (Å²) in [6.07, 6.45) is 4.20. The Morgan fingerprint density at radius 3 is 2.17 bits per heavy atom. The molecule has 4 nitrogen and oxygen atoms in total. The molecule has 2 aliphatic heterocycles. The van der Waals surface area contributed by atoms with E-state index in [4.69, 9.17) is 4.42 Å². The molecule has 48 heavy (non-hydrogen) atoms. The van der Waals surface area contributed by atoms with Crippen LogP contribution in [0, 0.1) is 0 Å². The molecule has 11 rings (SSSR count).